The predicted molar refractivity (Wildman–Crippen MR) is 71.5 cm³/mol. The van der Waals surface area contributed by atoms with Crippen molar-refractivity contribution in [1.82, 2.24) is 9.97 Å². The van der Waals surface area contributed by atoms with Gasteiger partial charge in [-0.2, -0.15) is 13.2 Å². The molecule has 0 aliphatic carbocycles. The monoisotopic (exact) mass is 314 g/mol. The molecule has 0 saturated heterocycles. The molecule has 2 aromatic carbocycles. The van der Waals surface area contributed by atoms with Crippen LogP contribution in [0.5, 0.6) is 0 Å². The first-order valence-electron chi connectivity index (χ1n) is 5.87. The summed E-state index contributed by atoms with van der Waals surface area (Å²) in [6.45, 7) is 0. The molecule has 1 N–H and O–H groups in total. The van der Waals surface area contributed by atoms with E-state index in [1.54, 1.807) is 18.2 Å². The quantitative estimate of drug-likeness (QED) is 0.626. The summed E-state index contributed by atoms with van der Waals surface area (Å²) in [5.74, 6) is -1.09. The Labute approximate surface area is 121 Å². The van der Waals surface area contributed by atoms with Gasteiger partial charge in [0, 0.05) is 10.6 Å². The lowest BCUT2D eigenvalue weighted by atomic mass is 10.1. The fourth-order valence-electron chi connectivity index (χ4n) is 2.01. The lowest BCUT2D eigenvalue weighted by molar-refractivity contribution is -0.139. The molecule has 21 heavy (non-hydrogen) atoms. The van der Waals surface area contributed by atoms with Crippen molar-refractivity contribution in [3.05, 3.63) is 52.8 Å². The molecule has 0 amide bonds. The number of alkyl halides is 3. The molecule has 2 nitrogen and oxygen atoms in total. The minimum atomic E-state index is -4.75. The Hall–Kier alpha value is -2.08. The molecular weight excluding hydrogens is 308 g/mol. The summed E-state index contributed by atoms with van der Waals surface area (Å²) >= 11 is 5.83. The topological polar surface area (TPSA) is 28.7 Å². The van der Waals surface area contributed by atoms with Crippen molar-refractivity contribution in [3.8, 4) is 11.4 Å². The summed E-state index contributed by atoms with van der Waals surface area (Å²) in [6, 6.07) is 7.63. The predicted octanol–water partition coefficient (Wildman–Crippen LogP) is 5.04. The Morgan fingerprint density at radius 2 is 1.81 bits per heavy atom. The molecule has 0 atom stereocenters. The molecule has 108 valence electrons. The zero-order chi connectivity index (χ0) is 15.2. The number of H-pyrrole nitrogens is 1. The second-order valence-corrected chi connectivity index (χ2v) is 4.88. The summed E-state index contributed by atoms with van der Waals surface area (Å²) < 4.78 is 51.4. The number of rotatable bonds is 1. The van der Waals surface area contributed by atoms with E-state index in [1.165, 1.54) is 6.07 Å². The van der Waals surface area contributed by atoms with Crippen LogP contribution in [0.4, 0.5) is 17.6 Å². The number of aromatic nitrogens is 2. The maximum Gasteiger partial charge on any atom is 0.419 e. The first-order valence-corrected chi connectivity index (χ1v) is 6.25. The van der Waals surface area contributed by atoms with Crippen LogP contribution in [-0.2, 0) is 6.18 Å². The standard InChI is InChI=1S/C14H7ClF4N2/c15-8-2-4-11-12(6-8)21-13(20-11)7-1-3-10(16)9(5-7)14(17,18)19/h1-6H,(H,20,21). The molecular formula is C14H7ClF4N2. The smallest absolute Gasteiger partial charge is 0.338 e. The first kappa shape index (κ1) is 13.9. The molecule has 0 saturated carbocycles. The van der Waals surface area contributed by atoms with E-state index in [2.05, 4.69) is 9.97 Å². The van der Waals surface area contributed by atoms with Crippen molar-refractivity contribution < 1.29 is 17.6 Å². The van der Waals surface area contributed by atoms with Crippen molar-refractivity contribution in [2.45, 2.75) is 6.18 Å². The highest BCUT2D eigenvalue weighted by atomic mass is 35.5. The molecule has 0 unspecified atom stereocenters. The molecule has 0 fully saturated rings. The third-order valence-corrected chi connectivity index (χ3v) is 3.22. The summed E-state index contributed by atoms with van der Waals surface area (Å²) in [5, 5.41) is 0.479. The van der Waals surface area contributed by atoms with Crippen LogP contribution >= 0.6 is 11.6 Å². The largest absolute Gasteiger partial charge is 0.419 e. The van der Waals surface area contributed by atoms with E-state index in [1.807, 2.05) is 0 Å². The van der Waals surface area contributed by atoms with E-state index in [-0.39, 0.29) is 11.4 Å². The molecule has 1 aromatic heterocycles. The second-order valence-electron chi connectivity index (χ2n) is 4.44. The van der Waals surface area contributed by atoms with E-state index in [0.717, 1.165) is 12.1 Å². The average molecular weight is 315 g/mol. The lowest BCUT2D eigenvalue weighted by Gasteiger charge is -2.08. The summed E-state index contributed by atoms with van der Waals surface area (Å²) in [7, 11) is 0. The van der Waals surface area contributed by atoms with Gasteiger partial charge in [0.2, 0.25) is 0 Å². The van der Waals surface area contributed by atoms with Gasteiger partial charge in [0.1, 0.15) is 11.6 Å². The Morgan fingerprint density at radius 3 is 2.52 bits per heavy atom. The number of benzene rings is 2. The minimum absolute atomic E-state index is 0.149. The highest BCUT2D eigenvalue weighted by Crippen LogP contribution is 2.34. The van der Waals surface area contributed by atoms with Gasteiger partial charge in [-0.3, -0.25) is 0 Å². The number of nitrogens with zero attached hydrogens (tertiary/aromatic N) is 1. The molecule has 0 bridgehead atoms. The molecule has 3 rings (SSSR count). The number of fused-ring (bicyclic) bond motifs is 1. The lowest BCUT2D eigenvalue weighted by Crippen LogP contribution is -2.08. The van der Waals surface area contributed by atoms with E-state index < -0.39 is 17.6 Å². The van der Waals surface area contributed by atoms with E-state index in [4.69, 9.17) is 11.6 Å². The van der Waals surface area contributed by atoms with Gasteiger partial charge in [0.05, 0.1) is 16.6 Å². The molecule has 0 spiro atoms. The van der Waals surface area contributed by atoms with Crippen LogP contribution in [-0.4, -0.2) is 9.97 Å². The van der Waals surface area contributed by atoms with Gasteiger partial charge in [-0.15, -0.1) is 0 Å². The van der Waals surface area contributed by atoms with Crippen molar-refractivity contribution in [2.24, 2.45) is 0 Å². The molecule has 1 heterocycles. The number of aromatic amines is 1. The van der Waals surface area contributed by atoms with Crippen molar-refractivity contribution >= 4 is 22.6 Å². The highest BCUT2D eigenvalue weighted by molar-refractivity contribution is 6.31. The van der Waals surface area contributed by atoms with Gasteiger partial charge in [-0.05, 0) is 36.4 Å². The zero-order valence-electron chi connectivity index (χ0n) is 10.3. The number of hydrogen-bond donors (Lipinski definition) is 1. The maximum absolute atomic E-state index is 13.3. The van der Waals surface area contributed by atoms with Gasteiger partial charge < -0.3 is 4.98 Å². The Morgan fingerprint density at radius 1 is 1.05 bits per heavy atom. The van der Waals surface area contributed by atoms with Crippen LogP contribution in [0.25, 0.3) is 22.4 Å². The minimum Gasteiger partial charge on any atom is -0.338 e. The van der Waals surface area contributed by atoms with Crippen molar-refractivity contribution in [3.63, 3.8) is 0 Å². The SMILES string of the molecule is Fc1ccc(-c2nc3ccc(Cl)cc3[nH]2)cc1C(F)(F)F. The summed E-state index contributed by atoms with van der Waals surface area (Å²) in [4.78, 5) is 7.04. The number of hydrogen-bond acceptors (Lipinski definition) is 1. The van der Waals surface area contributed by atoms with Crippen LogP contribution in [0.1, 0.15) is 5.56 Å². The van der Waals surface area contributed by atoms with Gasteiger partial charge >= 0.3 is 6.18 Å². The van der Waals surface area contributed by atoms with Crippen LogP contribution in [0.15, 0.2) is 36.4 Å². The number of halogens is 5. The molecule has 0 radical (unpaired) electrons. The van der Waals surface area contributed by atoms with Crippen LogP contribution in [0.2, 0.25) is 5.02 Å². The van der Waals surface area contributed by atoms with Gasteiger partial charge in [0.15, 0.2) is 0 Å². The van der Waals surface area contributed by atoms with Crippen LogP contribution in [0, 0.1) is 5.82 Å². The van der Waals surface area contributed by atoms with E-state index in [0.29, 0.717) is 16.1 Å². The van der Waals surface area contributed by atoms with Gasteiger partial charge in [0.25, 0.3) is 0 Å². The first-order chi connectivity index (χ1) is 9.84. The molecule has 0 aliphatic rings. The second kappa shape index (κ2) is 4.73. The molecule has 0 aliphatic heterocycles. The Balaban J connectivity index is 2.14. The number of imidazole rings is 1. The average Bonchev–Trinajstić information content (AvgIpc) is 2.80. The Bertz CT molecular complexity index is 823. The normalized spacial score (nSPS) is 12.0. The maximum atomic E-state index is 13.3. The highest BCUT2D eigenvalue weighted by Gasteiger charge is 2.34. The van der Waals surface area contributed by atoms with E-state index >= 15 is 0 Å². The summed E-state index contributed by atoms with van der Waals surface area (Å²) in [5.41, 5.74) is -0.0165. The molecule has 7 heteroatoms. The van der Waals surface area contributed by atoms with E-state index in [9.17, 15) is 17.6 Å². The summed E-state index contributed by atoms with van der Waals surface area (Å²) in [6.07, 6.45) is -4.75. The molecule has 3 aromatic rings. The van der Waals surface area contributed by atoms with Crippen LogP contribution in [0.3, 0.4) is 0 Å². The third-order valence-electron chi connectivity index (χ3n) is 2.99. The van der Waals surface area contributed by atoms with Crippen LogP contribution < -0.4 is 0 Å². The van der Waals surface area contributed by atoms with Crippen molar-refractivity contribution in [2.75, 3.05) is 0 Å². The van der Waals surface area contributed by atoms with Gasteiger partial charge in [-0.25, -0.2) is 9.37 Å². The fourth-order valence-corrected chi connectivity index (χ4v) is 2.18. The number of nitrogens with one attached hydrogen (secondary N) is 1. The zero-order valence-corrected chi connectivity index (χ0v) is 11.1. The Kier molecular flexibility index (Phi) is 3.13. The fraction of sp³-hybridized carbons (Fsp3) is 0.0714. The van der Waals surface area contributed by atoms with Crippen molar-refractivity contribution in [1.29, 1.82) is 0 Å². The third kappa shape index (κ3) is 2.58. The van der Waals surface area contributed by atoms with Gasteiger partial charge in [-0.1, -0.05) is 11.6 Å².